The molecular weight excluding hydrogens is 220 g/mol. The lowest BCUT2D eigenvalue weighted by molar-refractivity contribution is 0.0599. The second-order valence-electron chi connectivity index (χ2n) is 4.15. The summed E-state index contributed by atoms with van der Waals surface area (Å²) < 4.78 is 10.1. The summed E-state index contributed by atoms with van der Waals surface area (Å²) in [7, 11) is 5.41. The zero-order chi connectivity index (χ0) is 12.8. The van der Waals surface area contributed by atoms with Gasteiger partial charge in [-0.05, 0) is 27.1 Å². The molecule has 0 aliphatic heterocycles. The highest BCUT2D eigenvalue weighted by Gasteiger charge is 2.14. The third-order valence-corrected chi connectivity index (χ3v) is 2.41. The van der Waals surface area contributed by atoms with Crippen LogP contribution >= 0.6 is 0 Å². The van der Waals surface area contributed by atoms with Gasteiger partial charge in [-0.15, -0.1) is 0 Å². The van der Waals surface area contributed by atoms with Crippen molar-refractivity contribution in [2.24, 2.45) is 0 Å². The number of furan rings is 1. The molecule has 0 radical (unpaired) electrons. The van der Waals surface area contributed by atoms with E-state index in [0.29, 0.717) is 17.9 Å². The van der Waals surface area contributed by atoms with Crippen LogP contribution in [-0.4, -0.2) is 45.2 Å². The van der Waals surface area contributed by atoms with Gasteiger partial charge in [0.05, 0.1) is 13.7 Å². The van der Waals surface area contributed by atoms with E-state index in [0.717, 1.165) is 18.8 Å². The Labute approximate surface area is 102 Å². The number of hydrogen-bond acceptors (Lipinski definition) is 5. The molecular formula is C12H20N2O3. The van der Waals surface area contributed by atoms with Crippen LogP contribution in [0.3, 0.4) is 0 Å². The van der Waals surface area contributed by atoms with Crippen molar-refractivity contribution in [2.75, 3.05) is 34.3 Å². The van der Waals surface area contributed by atoms with Gasteiger partial charge in [0.1, 0.15) is 17.1 Å². The summed E-state index contributed by atoms with van der Waals surface area (Å²) in [5.74, 6) is 0.994. The number of hydrogen-bond donors (Lipinski definition) is 1. The van der Waals surface area contributed by atoms with Gasteiger partial charge in [0.15, 0.2) is 0 Å². The van der Waals surface area contributed by atoms with Gasteiger partial charge in [0.2, 0.25) is 0 Å². The predicted molar refractivity (Wildman–Crippen MR) is 65.0 cm³/mol. The van der Waals surface area contributed by atoms with Crippen molar-refractivity contribution in [1.29, 1.82) is 0 Å². The first kappa shape index (κ1) is 13.7. The Kier molecular flexibility index (Phi) is 5.18. The smallest absolute Gasteiger partial charge is 0.341 e. The number of ether oxygens (including phenoxy) is 1. The van der Waals surface area contributed by atoms with E-state index in [1.807, 2.05) is 14.1 Å². The van der Waals surface area contributed by atoms with Crippen molar-refractivity contribution < 1.29 is 13.9 Å². The molecule has 17 heavy (non-hydrogen) atoms. The fourth-order valence-electron chi connectivity index (χ4n) is 1.46. The Morgan fingerprint density at radius 3 is 2.82 bits per heavy atom. The van der Waals surface area contributed by atoms with Crippen molar-refractivity contribution in [2.45, 2.75) is 13.5 Å². The van der Waals surface area contributed by atoms with Crippen LogP contribution in [0.1, 0.15) is 21.9 Å². The summed E-state index contributed by atoms with van der Waals surface area (Å²) >= 11 is 0. The Bertz CT molecular complexity index is 372. The van der Waals surface area contributed by atoms with E-state index in [2.05, 4.69) is 15.0 Å². The number of nitrogens with one attached hydrogen (secondary N) is 1. The van der Waals surface area contributed by atoms with Crippen LogP contribution in [0.2, 0.25) is 0 Å². The van der Waals surface area contributed by atoms with Gasteiger partial charge in [-0.25, -0.2) is 4.79 Å². The summed E-state index contributed by atoms with van der Waals surface area (Å²) in [6.07, 6.45) is 0. The molecule has 0 aromatic carbocycles. The third kappa shape index (κ3) is 4.20. The molecule has 0 bridgehead atoms. The summed E-state index contributed by atoms with van der Waals surface area (Å²) in [6.45, 7) is 4.21. The molecule has 1 aromatic heterocycles. The van der Waals surface area contributed by atoms with Crippen molar-refractivity contribution in [1.82, 2.24) is 10.2 Å². The molecule has 0 aliphatic rings. The molecule has 0 fully saturated rings. The highest BCUT2D eigenvalue weighted by molar-refractivity contribution is 5.90. The SMILES string of the molecule is COC(=O)c1cc(CNCCN(C)C)oc1C. The fourth-order valence-corrected chi connectivity index (χ4v) is 1.46. The molecule has 1 aromatic rings. The molecule has 5 nitrogen and oxygen atoms in total. The first-order chi connectivity index (χ1) is 8.04. The van der Waals surface area contributed by atoms with Crippen molar-refractivity contribution in [3.05, 3.63) is 23.2 Å². The molecule has 1 rings (SSSR count). The summed E-state index contributed by atoms with van der Waals surface area (Å²) in [6, 6.07) is 1.73. The molecule has 0 saturated heterocycles. The van der Waals surface area contributed by atoms with Gasteiger partial charge in [0, 0.05) is 13.1 Å². The Hall–Kier alpha value is -1.33. The number of methoxy groups -OCH3 is 1. The standard InChI is InChI=1S/C12H20N2O3/c1-9-11(12(15)16-4)7-10(17-9)8-13-5-6-14(2)3/h7,13H,5-6,8H2,1-4H3. The van der Waals surface area contributed by atoms with Crippen molar-refractivity contribution in [3.8, 4) is 0 Å². The average molecular weight is 240 g/mol. The van der Waals surface area contributed by atoms with Crippen molar-refractivity contribution >= 4 is 5.97 Å². The van der Waals surface area contributed by atoms with Crippen molar-refractivity contribution in [3.63, 3.8) is 0 Å². The van der Waals surface area contributed by atoms with Crippen LogP contribution in [0.25, 0.3) is 0 Å². The Morgan fingerprint density at radius 1 is 1.53 bits per heavy atom. The third-order valence-electron chi connectivity index (χ3n) is 2.41. The van der Waals surface area contributed by atoms with Crippen LogP contribution in [0, 0.1) is 6.92 Å². The highest BCUT2D eigenvalue weighted by atomic mass is 16.5. The van der Waals surface area contributed by atoms with Gasteiger partial charge >= 0.3 is 5.97 Å². The predicted octanol–water partition coefficient (Wildman–Crippen LogP) is 1.03. The largest absolute Gasteiger partial charge is 0.465 e. The lowest BCUT2D eigenvalue weighted by Gasteiger charge is -2.09. The molecule has 0 saturated carbocycles. The van der Waals surface area contributed by atoms with Gasteiger partial charge in [0.25, 0.3) is 0 Å². The van der Waals surface area contributed by atoms with Gasteiger partial charge < -0.3 is 19.4 Å². The molecule has 0 atom stereocenters. The van der Waals surface area contributed by atoms with E-state index in [9.17, 15) is 4.79 Å². The minimum atomic E-state index is -0.356. The normalized spacial score (nSPS) is 10.9. The van der Waals surface area contributed by atoms with E-state index in [-0.39, 0.29) is 5.97 Å². The molecule has 0 aliphatic carbocycles. The number of rotatable bonds is 6. The van der Waals surface area contributed by atoms with Crippen LogP contribution in [0.4, 0.5) is 0 Å². The fraction of sp³-hybridized carbons (Fsp3) is 0.583. The van der Waals surface area contributed by atoms with Crippen LogP contribution < -0.4 is 5.32 Å². The molecule has 96 valence electrons. The van der Waals surface area contributed by atoms with E-state index < -0.39 is 0 Å². The summed E-state index contributed by atoms with van der Waals surface area (Å²) in [5, 5.41) is 3.24. The van der Waals surface area contributed by atoms with Crippen LogP contribution in [-0.2, 0) is 11.3 Å². The number of esters is 1. The van der Waals surface area contributed by atoms with Gasteiger partial charge in [-0.1, -0.05) is 0 Å². The second-order valence-corrected chi connectivity index (χ2v) is 4.15. The summed E-state index contributed by atoms with van der Waals surface area (Å²) in [5.41, 5.74) is 0.497. The van der Waals surface area contributed by atoms with E-state index in [4.69, 9.17) is 4.42 Å². The zero-order valence-electron chi connectivity index (χ0n) is 10.9. The number of carbonyl (C=O) groups excluding carboxylic acids is 1. The molecule has 1 heterocycles. The molecule has 0 amide bonds. The number of likely N-dealkylation sites (N-methyl/N-ethyl adjacent to an activating group) is 1. The molecule has 1 N–H and O–H groups in total. The van der Waals surface area contributed by atoms with E-state index in [1.54, 1.807) is 13.0 Å². The maximum atomic E-state index is 11.4. The number of carbonyl (C=O) groups is 1. The number of nitrogens with zero attached hydrogens (tertiary/aromatic N) is 1. The van der Waals surface area contributed by atoms with Gasteiger partial charge in [-0.2, -0.15) is 0 Å². The lowest BCUT2D eigenvalue weighted by atomic mass is 10.2. The van der Waals surface area contributed by atoms with Crippen LogP contribution in [0.5, 0.6) is 0 Å². The molecule has 0 unspecified atom stereocenters. The van der Waals surface area contributed by atoms with Crippen LogP contribution in [0.15, 0.2) is 10.5 Å². The lowest BCUT2D eigenvalue weighted by Crippen LogP contribution is -2.26. The minimum absolute atomic E-state index is 0.356. The van der Waals surface area contributed by atoms with E-state index >= 15 is 0 Å². The Balaban J connectivity index is 2.47. The maximum Gasteiger partial charge on any atom is 0.341 e. The second kappa shape index (κ2) is 6.42. The Morgan fingerprint density at radius 2 is 2.24 bits per heavy atom. The topological polar surface area (TPSA) is 54.7 Å². The first-order valence-corrected chi connectivity index (χ1v) is 5.57. The van der Waals surface area contributed by atoms with Gasteiger partial charge in [-0.3, -0.25) is 0 Å². The zero-order valence-corrected chi connectivity index (χ0v) is 10.9. The molecule has 0 spiro atoms. The monoisotopic (exact) mass is 240 g/mol. The quantitative estimate of drug-likeness (QED) is 0.594. The number of aryl methyl sites for hydroxylation is 1. The first-order valence-electron chi connectivity index (χ1n) is 5.57. The van der Waals surface area contributed by atoms with E-state index in [1.165, 1.54) is 7.11 Å². The molecule has 5 heteroatoms. The summed E-state index contributed by atoms with van der Waals surface area (Å²) in [4.78, 5) is 13.5. The highest BCUT2D eigenvalue weighted by Crippen LogP contribution is 2.15. The maximum absolute atomic E-state index is 11.4. The minimum Gasteiger partial charge on any atom is -0.465 e. The average Bonchev–Trinajstić information content (AvgIpc) is 2.65.